The van der Waals surface area contributed by atoms with Crippen LogP contribution in [0.1, 0.15) is 59.3 Å². The summed E-state index contributed by atoms with van der Waals surface area (Å²) in [5, 5.41) is 9.26. The highest BCUT2D eigenvalue weighted by molar-refractivity contribution is 6.02. The molecule has 2 rings (SSSR count). The quantitative estimate of drug-likeness (QED) is 0.833. The van der Waals surface area contributed by atoms with Gasteiger partial charge in [-0.2, -0.15) is 0 Å². The van der Waals surface area contributed by atoms with Crippen molar-refractivity contribution in [1.82, 2.24) is 9.88 Å². The van der Waals surface area contributed by atoms with Crippen molar-refractivity contribution in [2.75, 3.05) is 13.1 Å². The minimum atomic E-state index is -0.864. The molecule has 0 aromatic carbocycles. The number of likely N-dealkylation sites (tertiary alicyclic amines) is 1. The van der Waals surface area contributed by atoms with E-state index in [0.29, 0.717) is 36.3 Å². The summed E-state index contributed by atoms with van der Waals surface area (Å²) in [6.07, 6.45) is 1.16. The van der Waals surface area contributed by atoms with E-state index in [4.69, 9.17) is 0 Å². The van der Waals surface area contributed by atoms with Gasteiger partial charge in [-0.05, 0) is 38.2 Å². The van der Waals surface area contributed by atoms with Crippen LogP contribution >= 0.6 is 0 Å². The van der Waals surface area contributed by atoms with E-state index >= 15 is 0 Å². The van der Waals surface area contributed by atoms with E-state index in [-0.39, 0.29) is 24.2 Å². The molecule has 1 aromatic rings. The maximum absolute atomic E-state index is 12.9. The maximum atomic E-state index is 12.9. The zero-order valence-electron chi connectivity index (χ0n) is 14.1. The smallest absolute Gasteiger partial charge is 0.308 e. The van der Waals surface area contributed by atoms with E-state index in [1.165, 1.54) is 6.92 Å². The highest BCUT2D eigenvalue weighted by Crippen LogP contribution is 2.26. The van der Waals surface area contributed by atoms with Gasteiger partial charge in [-0.15, -0.1) is 0 Å². The number of aromatic nitrogens is 1. The molecule has 1 aliphatic rings. The molecule has 23 heavy (non-hydrogen) atoms. The van der Waals surface area contributed by atoms with Crippen LogP contribution in [0.2, 0.25) is 0 Å². The first-order chi connectivity index (χ1) is 10.8. The number of nitrogens with one attached hydrogen (secondary N) is 1. The summed E-state index contributed by atoms with van der Waals surface area (Å²) in [7, 11) is 0. The number of amides is 1. The maximum Gasteiger partial charge on any atom is 0.308 e. The lowest BCUT2D eigenvalue weighted by Gasteiger charge is -2.34. The molecular formula is C17H24N2O4. The number of Topliss-reactive ketones (excluding diaryl/α,β-unsaturated/α-hetero) is 1. The summed E-state index contributed by atoms with van der Waals surface area (Å²) in [6, 6.07) is 0. The third-order valence-electron chi connectivity index (χ3n) is 4.51. The fourth-order valence-corrected chi connectivity index (χ4v) is 3.54. The lowest BCUT2D eigenvalue weighted by atomic mass is 9.90. The average Bonchev–Trinajstić information content (AvgIpc) is 2.82. The number of carbonyl (C=O) groups excluding carboxylic acids is 2. The van der Waals surface area contributed by atoms with Gasteiger partial charge in [0.05, 0.1) is 5.92 Å². The standard InChI is InChI=1S/C17H24N2O4/c1-5-13-14(11(4)20)10(3)18-15(13)16(21)19-7-9(2)6-12(8-19)17(22)23/h9,12,18H,5-8H2,1-4H3,(H,22,23). The third kappa shape index (κ3) is 3.30. The highest BCUT2D eigenvalue weighted by Gasteiger charge is 2.34. The van der Waals surface area contributed by atoms with Gasteiger partial charge >= 0.3 is 5.97 Å². The number of carboxylic acid groups (broad SMARTS) is 1. The Morgan fingerprint density at radius 1 is 1.30 bits per heavy atom. The number of rotatable bonds is 4. The van der Waals surface area contributed by atoms with Crippen LogP contribution in [0.25, 0.3) is 0 Å². The molecule has 0 radical (unpaired) electrons. The summed E-state index contributed by atoms with van der Waals surface area (Å²) < 4.78 is 0. The lowest BCUT2D eigenvalue weighted by molar-refractivity contribution is -0.143. The zero-order valence-corrected chi connectivity index (χ0v) is 14.1. The Labute approximate surface area is 135 Å². The monoisotopic (exact) mass is 320 g/mol. The van der Waals surface area contributed by atoms with E-state index in [1.54, 1.807) is 11.8 Å². The Hall–Kier alpha value is -2.11. The molecule has 1 saturated heterocycles. The number of hydrogen-bond donors (Lipinski definition) is 2. The van der Waals surface area contributed by atoms with Gasteiger partial charge in [-0.25, -0.2) is 0 Å². The number of carbonyl (C=O) groups is 3. The van der Waals surface area contributed by atoms with E-state index in [0.717, 1.165) is 5.56 Å². The molecular weight excluding hydrogens is 296 g/mol. The fraction of sp³-hybridized carbons (Fsp3) is 0.588. The molecule has 0 saturated carbocycles. The van der Waals surface area contributed by atoms with Crippen LogP contribution in [0, 0.1) is 18.8 Å². The van der Waals surface area contributed by atoms with Crippen molar-refractivity contribution in [1.29, 1.82) is 0 Å². The van der Waals surface area contributed by atoms with Gasteiger partial charge in [-0.3, -0.25) is 14.4 Å². The first-order valence-corrected chi connectivity index (χ1v) is 8.00. The van der Waals surface area contributed by atoms with Crippen LogP contribution in [0.5, 0.6) is 0 Å². The average molecular weight is 320 g/mol. The number of H-pyrrole nitrogens is 1. The molecule has 0 aliphatic carbocycles. The summed E-state index contributed by atoms with van der Waals surface area (Å²) in [4.78, 5) is 40.6. The summed E-state index contributed by atoms with van der Waals surface area (Å²) in [5.41, 5.74) is 2.42. The molecule has 126 valence electrons. The van der Waals surface area contributed by atoms with Crippen LogP contribution in [0.3, 0.4) is 0 Å². The third-order valence-corrected chi connectivity index (χ3v) is 4.51. The summed E-state index contributed by atoms with van der Waals surface area (Å²) >= 11 is 0. The second-order valence-corrected chi connectivity index (χ2v) is 6.47. The van der Waals surface area contributed by atoms with Gasteiger partial charge in [-0.1, -0.05) is 13.8 Å². The van der Waals surface area contributed by atoms with E-state index in [9.17, 15) is 19.5 Å². The Bertz CT molecular complexity index is 647. The first kappa shape index (κ1) is 17.2. The van der Waals surface area contributed by atoms with Crippen LogP contribution in [0.15, 0.2) is 0 Å². The SMILES string of the molecule is CCc1c(C(=O)N2CC(C)CC(C(=O)O)C2)[nH]c(C)c1C(C)=O. The molecule has 2 N–H and O–H groups in total. The number of aliphatic carboxylic acids is 1. The highest BCUT2D eigenvalue weighted by atomic mass is 16.4. The fourth-order valence-electron chi connectivity index (χ4n) is 3.54. The van der Waals surface area contributed by atoms with Crippen molar-refractivity contribution in [2.24, 2.45) is 11.8 Å². The molecule has 2 atom stereocenters. The number of aryl methyl sites for hydroxylation is 1. The zero-order chi connectivity index (χ0) is 17.3. The van der Waals surface area contributed by atoms with Gasteiger partial charge < -0.3 is 15.0 Å². The van der Waals surface area contributed by atoms with Gasteiger partial charge in [0.15, 0.2) is 5.78 Å². The van der Waals surface area contributed by atoms with Gasteiger partial charge in [0.25, 0.3) is 5.91 Å². The molecule has 2 heterocycles. The molecule has 1 fully saturated rings. The Kier molecular flexibility index (Phi) is 4.92. The molecule has 1 aromatic heterocycles. The normalized spacial score (nSPS) is 21.3. The topological polar surface area (TPSA) is 90.5 Å². The number of ketones is 1. The molecule has 1 amide bonds. The van der Waals surface area contributed by atoms with Gasteiger partial charge in [0, 0.05) is 24.3 Å². The van der Waals surface area contributed by atoms with E-state index < -0.39 is 11.9 Å². The second kappa shape index (κ2) is 6.56. The summed E-state index contributed by atoms with van der Waals surface area (Å²) in [5.74, 6) is -1.53. The Balaban J connectivity index is 2.35. The molecule has 6 nitrogen and oxygen atoms in total. The molecule has 0 spiro atoms. The van der Waals surface area contributed by atoms with Crippen molar-refractivity contribution in [2.45, 2.75) is 40.5 Å². The van der Waals surface area contributed by atoms with Crippen molar-refractivity contribution < 1.29 is 19.5 Å². The predicted molar refractivity (Wildman–Crippen MR) is 85.7 cm³/mol. The largest absolute Gasteiger partial charge is 0.481 e. The number of nitrogens with zero attached hydrogens (tertiary/aromatic N) is 1. The minimum Gasteiger partial charge on any atom is -0.481 e. The predicted octanol–water partition coefficient (Wildman–Crippen LogP) is 2.27. The molecule has 2 unspecified atom stereocenters. The van der Waals surface area contributed by atoms with Crippen LogP contribution in [-0.4, -0.2) is 45.7 Å². The second-order valence-electron chi connectivity index (χ2n) is 6.47. The van der Waals surface area contributed by atoms with Crippen molar-refractivity contribution >= 4 is 17.7 Å². The van der Waals surface area contributed by atoms with Crippen molar-refractivity contribution in [3.05, 3.63) is 22.5 Å². The number of carboxylic acids is 1. The van der Waals surface area contributed by atoms with Crippen LogP contribution in [-0.2, 0) is 11.2 Å². The van der Waals surface area contributed by atoms with Crippen LogP contribution in [0.4, 0.5) is 0 Å². The molecule has 1 aliphatic heterocycles. The molecule has 0 bridgehead atoms. The van der Waals surface area contributed by atoms with Crippen LogP contribution < -0.4 is 0 Å². The Morgan fingerprint density at radius 2 is 1.96 bits per heavy atom. The molecule has 6 heteroatoms. The first-order valence-electron chi connectivity index (χ1n) is 8.00. The lowest BCUT2D eigenvalue weighted by Crippen LogP contribution is -2.45. The minimum absolute atomic E-state index is 0.0647. The van der Waals surface area contributed by atoms with Crippen molar-refractivity contribution in [3.8, 4) is 0 Å². The van der Waals surface area contributed by atoms with E-state index in [2.05, 4.69) is 4.98 Å². The Morgan fingerprint density at radius 3 is 2.48 bits per heavy atom. The van der Waals surface area contributed by atoms with Crippen molar-refractivity contribution in [3.63, 3.8) is 0 Å². The van der Waals surface area contributed by atoms with E-state index in [1.807, 2.05) is 13.8 Å². The van der Waals surface area contributed by atoms with Gasteiger partial charge in [0.1, 0.15) is 5.69 Å². The number of piperidine rings is 1. The van der Waals surface area contributed by atoms with Gasteiger partial charge in [0.2, 0.25) is 0 Å². The summed E-state index contributed by atoms with van der Waals surface area (Å²) in [6.45, 7) is 7.90. The number of aromatic amines is 1. The number of hydrogen-bond acceptors (Lipinski definition) is 3.